The van der Waals surface area contributed by atoms with E-state index >= 15 is 0 Å². The number of fused-ring (bicyclic) bond motifs is 1. The molecule has 2 heterocycles. The fraction of sp³-hybridized carbons (Fsp3) is 0.167. The topological polar surface area (TPSA) is 68.0 Å². The van der Waals surface area contributed by atoms with Crippen molar-refractivity contribution in [2.24, 2.45) is 0 Å². The number of benzene rings is 1. The summed E-state index contributed by atoms with van der Waals surface area (Å²) in [6, 6.07) is 6.28. The van der Waals surface area contributed by atoms with Gasteiger partial charge in [-0.1, -0.05) is 23.5 Å². The van der Waals surface area contributed by atoms with Crippen molar-refractivity contribution in [2.45, 2.75) is 12.3 Å². The molecule has 0 spiro atoms. The summed E-state index contributed by atoms with van der Waals surface area (Å²) in [4.78, 5) is 16.6. The third kappa shape index (κ3) is 1.84. The predicted molar refractivity (Wildman–Crippen MR) is 68.0 cm³/mol. The molecule has 1 amide bonds. The maximum atomic E-state index is 13.3. The van der Waals surface area contributed by atoms with Gasteiger partial charge in [-0.2, -0.15) is 0 Å². The Morgan fingerprint density at radius 1 is 1.50 bits per heavy atom. The Balaban J connectivity index is 2.09. The first-order chi connectivity index (χ1) is 8.63. The number of thiazole rings is 1. The number of nitrogens with one attached hydrogen (secondary N) is 1. The second kappa shape index (κ2) is 4.06. The molecule has 18 heavy (non-hydrogen) atoms. The van der Waals surface area contributed by atoms with Crippen LogP contribution in [0.1, 0.15) is 22.8 Å². The smallest absolute Gasteiger partial charge is 0.226 e. The zero-order chi connectivity index (χ0) is 12.7. The van der Waals surface area contributed by atoms with Crippen LogP contribution in [-0.2, 0) is 4.79 Å². The van der Waals surface area contributed by atoms with E-state index in [1.165, 1.54) is 23.5 Å². The Kier molecular flexibility index (Phi) is 2.52. The zero-order valence-electron chi connectivity index (χ0n) is 9.31. The van der Waals surface area contributed by atoms with Crippen molar-refractivity contribution in [3.63, 3.8) is 0 Å². The minimum Gasteiger partial charge on any atom is -0.375 e. The van der Waals surface area contributed by atoms with Gasteiger partial charge in [-0.15, -0.1) is 0 Å². The lowest BCUT2D eigenvalue weighted by atomic mass is 9.91. The van der Waals surface area contributed by atoms with E-state index in [4.69, 9.17) is 5.73 Å². The number of nitrogen functional groups attached to an aromatic ring is 1. The van der Waals surface area contributed by atoms with Gasteiger partial charge in [0.25, 0.3) is 0 Å². The maximum absolute atomic E-state index is 13.3. The highest BCUT2D eigenvalue weighted by molar-refractivity contribution is 7.16. The Morgan fingerprint density at radius 2 is 2.33 bits per heavy atom. The molecule has 1 aromatic carbocycles. The van der Waals surface area contributed by atoms with Crippen LogP contribution in [-0.4, -0.2) is 10.9 Å². The molecule has 0 fully saturated rings. The van der Waals surface area contributed by atoms with Crippen molar-refractivity contribution in [1.82, 2.24) is 4.98 Å². The molecule has 1 atom stereocenters. The number of halogens is 1. The minimum absolute atomic E-state index is 0.123. The quantitative estimate of drug-likeness (QED) is 0.829. The van der Waals surface area contributed by atoms with Gasteiger partial charge < -0.3 is 11.1 Å². The number of amides is 1. The van der Waals surface area contributed by atoms with Crippen LogP contribution in [0, 0.1) is 5.82 Å². The molecule has 0 saturated carbocycles. The molecule has 4 nitrogen and oxygen atoms in total. The van der Waals surface area contributed by atoms with Gasteiger partial charge in [-0.05, 0) is 17.7 Å². The van der Waals surface area contributed by atoms with E-state index in [1.807, 2.05) is 6.07 Å². The highest BCUT2D eigenvalue weighted by Gasteiger charge is 2.30. The Hall–Kier alpha value is -1.95. The first-order valence-corrected chi connectivity index (χ1v) is 6.26. The van der Waals surface area contributed by atoms with Crippen molar-refractivity contribution >= 4 is 28.2 Å². The summed E-state index contributed by atoms with van der Waals surface area (Å²) in [7, 11) is 0. The largest absolute Gasteiger partial charge is 0.375 e. The van der Waals surface area contributed by atoms with Crippen LogP contribution in [0.3, 0.4) is 0 Å². The Morgan fingerprint density at radius 3 is 3.11 bits per heavy atom. The summed E-state index contributed by atoms with van der Waals surface area (Å²) in [6.07, 6.45) is 0.290. The lowest BCUT2D eigenvalue weighted by molar-refractivity contribution is -0.116. The zero-order valence-corrected chi connectivity index (χ0v) is 10.1. The number of carbonyl (C=O) groups is 1. The van der Waals surface area contributed by atoms with Gasteiger partial charge in [0.15, 0.2) is 5.13 Å². The highest BCUT2D eigenvalue weighted by atomic mass is 32.1. The Bertz CT molecular complexity index is 626. The second-order valence-corrected chi connectivity index (χ2v) is 5.19. The molecular formula is C12H10FN3OS. The van der Waals surface area contributed by atoms with Gasteiger partial charge in [0.1, 0.15) is 11.6 Å². The molecule has 1 aromatic heterocycles. The fourth-order valence-electron chi connectivity index (χ4n) is 2.13. The third-order valence-electron chi connectivity index (χ3n) is 2.88. The summed E-state index contributed by atoms with van der Waals surface area (Å²) < 4.78 is 13.3. The number of carbonyl (C=O) groups excluding carboxylic acids is 1. The van der Waals surface area contributed by atoms with E-state index in [9.17, 15) is 9.18 Å². The van der Waals surface area contributed by atoms with Crippen molar-refractivity contribution in [3.8, 4) is 0 Å². The lowest BCUT2D eigenvalue weighted by Gasteiger charge is -2.21. The molecule has 6 heteroatoms. The normalized spacial score (nSPS) is 18.3. The average Bonchev–Trinajstić information content (AvgIpc) is 2.68. The molecule has 1 aliphatic rings. The summed E-state index contributed by atoms with van der Waals surface area (Å²) in [5, 5.41) is 3.09. The number of nitrogens with zero attached hydrogens (tertiary/aromatic N) is 1. The molecular weight excluding hydrogens is 253 g/mol. The number of hydrogen-bond donors (Lipinski definition) is 2. The van der Waals surface area contributed by atoms with Crippen molar-refractivity contribution in [2.75, 3.05) is 11.1 Å². The maximum Gasteiger partial charge on any atom is 0.226 e. The van der Waals surface area contributed by atoms with E-state index in [1.54, 1.807) is 6.07 Å². The fourth-order valence-corrected chi connectivity index (χ4v) is 3.05. The molecule has 0 aliphatic carbocycles. The van der Waals surface area contributed by atoms with Crippen LogP contribution in [0.4, 0.5) is 15.3 Å². The van der Waals surface area contributed by atoms with Crippen LogP contribution in [0.15, 0.2) is 24.3 Å². The van der Waals surface area contributed by atoms with Gasteiger partial charge in [0.2, 0.25) is 5.91 Å². The van der Waals surface area contributed by atoms with E-state index < -0.39 is 0 Å². The second-order valence-electron chi connectivity index (χ2n) is 4.12. The van der Waals surface area contributed by atoms with Crippen LogP contribution in [0.5, 0.6) is 0 Å². The van der Waals surface area contributed by atoms with Crippen LogP contribution in [0.2, 0.25) is 0 Å². The van der Waals surface area contributed by atoms with Gasteiger partial charge >= 0.3 is 0 Å². The van der Waals surface area contributed by atoms with E-state index in [-0.39, 0.29) is 24.1 Å². The Labute approximate surface area is 107 Å². The SMILES string of the molecule is Nc1nc2c(s1)C(c1cccc(F)c1)CC(=O)N2. The first-order valence-electron chi connectivity index (χ1n) is 5.45. The van der Waals surface area contributed by atoms with Crippen LogP contribution in [0.25, 0.3) is 0 Å². The molecule has 2 aromatic rings. The van der Waals surface area contributed by atoms with E-state index in [2.05, 4.69) is 10.3 Å². The van der Waals surface area contributed by atoms with Crippen LogP contribution >= 0.6 is 11.3 Å². The van der Waals surface area contributed by atoms with Gasteiger partial charge in [0, 0.05) is 12.3 Å². The number of rotatable bonds is 1. The number of anilines is 2. The standard InChI is InChI=1S/C12H10FN3OS/c13-7-3-1-2-6(4-7)8-5-9(17)15-11-10(8)18-12(14)16-11/h1-4,8H,5H2,(H2,14,16)(H,15,17). The lowest BCUT2D eigenvalue weighted by Crippen LogP contribution is -2.22. The van der Waals surface area contributed by atoms with Gasteiger partial charge in [0.05, 0.1) is 4.88 Å². The number of aromatic nitrogens is 1. The van der Waals surface area contributed by atoms with Crippen molar-refractivity contribution in [3.05, 3.63) is 40.5 Å². The predicted octanol–water partition coefficient (Wildman–Crippen LogP) is 2.34. The summed E-state index contributed by atoms with van der Waals surface area (Å²) in [6.45, 7) is 0. The molecule has 0 bridgehead atoms. The molecule has 3 N–H and O–H groups in total. The van der Waals surface area contributed by atoms with Crippen LogP contribution < -0.4 is 11.1 Å². The minimum atomic E-state index is -0.308. The van der Waals surface area contributed by atoms with Crippen molar-refractivity contribution in [1.29, 1.82) is 0 Å². The summed E-state index contributed by atoms with van der Waals surface area (Å²) in [5.74, 6) is -0.0955. The average molecular weight is 263 g/mol. The first kappa shape index (κ1) is 11.2. The number of nitrogens with two attached hydrogens (primary N) is 1. The van der Waals surface area contributed by atoms with Gasteiger partial charge in [-0.3, -0.25) is 4.79 Å². The third-order valence-corrected chi connectivity index (χ3v) is 3.88. The molecule has 1 unspecified atom stereocenters. The monoisotopic (exact) mass is 263 g/mol. The molecule has 3 rings (SSSR count). The highest BCUT2D eigenvalue weighted by Crippen LogP contribution is 2.41. The van der Waals surface area contributed by atoms with Gasteiger partial charge in [-0.25, -0.2) is 9.37 Å². The molecule has 0 radical (unpaired) electrons. The summed E-state index contributed by atoms with van der Waals surface area (Å²) in [5.41, 5.74) is 6.43. The number of hydrogen-bond acceptors (Lipinski definition) is 4. The summed E-state index contributed by atoms with van der Waals surface area (Å²) >= 11 is 1.33. The molecule has 0 saturated heterocycles. The molecule has 92 valence electrons. The van der Waals surface area contributed by atoms with Crippen molar-refractivity contribution < 1.29 is 9.18 Å². The molecule has 1 aliphatic heterocycles. The van der Waals surface area contributed by atoms with E-state index in [0.29, 0.717) is 10.9 Å². The van der Waals surface area contributed by atoms with E-state index in [0.717, 1.165) is 10.4 Å².